The third kappa shape index (κ3) is 2.64. The Bertz CT molecular complexity index is 321. The van der Waals surface area contributed by atoms with Crippen LogP contribution in [0, 0.1) is 5.41 Å². The molecule has 1 rings (SSSR count). The lowest BCUT2D eigenvalue weighted by Crippen LogP contribution is -2.16. The van der Waals surface area contributed by atoms with E-state index in [1.54, 1.807) is 6.07 Å². The highest BCUT2D eigenvalue weighted by molar-refractivity contribution is 9.09. The Morgan fingerprint density at radius 3 is 2.50 bits per heavy atom. The molecule has 3 heteroatoms. The number of hydrogen-bond donors (Lipinski definition) is 2. The Labute approximate surface area is 92.7 Å². The Balaban J connectivity index is 2.92. The van der Waals surface area contributed by atoms with Crippen molar-refractivity contribution in [2.45, 2.75) is 20.3 Å². The van der Waals surface area contributed by atoms with Crippen LogP contribution in [0.3, 0.4) is 0 Å². The van der Waals surface area contributed by atoms with E-state index in [9.17, 15) is 10.2 Å². The lowest BCUT2D eigenvalue weighted by atomic mass is 9.87. The third-order valence-electron chi connectivity index (χ3n) is 2.13. The van der Waals surface area contributed by atoms with E-state index in [0.29, 0.717) is 0 Å². The zero-order valence-corrected chi connectivity index (χ0v) is 10.0. The molecule has 0 aliphatic rings. The van der Waals surface area contributed by atoms with Crippen LogP contribution in [0.15, 0.2) is 18.2 Å². The predicted octanol–water partition coefficient (Wildman–Crippen LogP) is 3.06. The molecule has 0 amide bonds. The van der Waals surface area contributed by atoms with Gasteiger partial charge in [-0.05, 0) is 23.5 Å². The molecule has 1 aromatic rings. The molecular formula is C11H15BrO2. The van der Waals surface area contributed by atoms with Gasteiger partial charge in [-0.15, -0.1) is 0 Å². The van der Waals surface area contributed by atoms with Crippen LogP contribution in [0.4, 0.5) is 0 Å². The maximum atomic E-state index is 9.59. The Hall–Kier alpha value is -0.700. The zero-order chi connectivity index (χ0) is 10.8. The highest BCUT2D eigenvalue weighted by Gasteiger charge is 2.19. The van der Waals surface area contributed by atoms with Crippen LogP contribution >= 0.6 is 15.9 Å². The fourth-order valence-corrected chi connectivity index (χ4v) is 1.48. The summed E-state index contributed by atoms with van der Waals surface area (Å²) < 4.78 is 0. The van der Waals surface area contributed by atoms with Crippen LogP contribution in [-0.4, -0.2) is 15.5 Å². The summed E-state index contributed by atoms with van der Waals surface area (Å²) in [6.07, 6.45) is 0.735. The summed E-state index contributed by atoms with van der Waals surface area (Å²) in [6, 6.07) is 5.06. The molecule has 0 aliphatic carbocycles. The molecule has 0 saturated carbocycles. The van der Waals surface area contributed by atoms with Crippen molar-refractivity contribution < 1.29 is 10.2 Å². The summed E-state index contributed by atoms with van der Waals surface area (Å²) in [5, 5.41) is 19.8. The average Bonchev–Trinajstić information content (AvgIpc) is 2.13. The number of aromatic hydroxyl groups is 2. The van der Waals surface area contributed by atoms with Crippen molar-refractivity contribution in [1.82, 2.24) is 0 Å². The molecule has 2 nitrogen and oxygen atoms in total. The molecule has 0 fully saturated rings. The number of para-hydroxylation sites is 1. The van der Waals surface area contributed by atoms with Crippen LogP contribution in [0.5, 0.6) is 11.5 Å². The summed E-state index contributed by atoms with van der Waals surface area (Å²) in [6.45, 7) is 4.20. The molecule has 0 atom stereocenters. The molecule has 0 aliphatic heterocycles. The fourth-order valence-electron chi connectivity index (χ4n) is 1.28. The molecule has 0 radical (unpaired) electrons. The molecule has 1 aromatic carbocycles. The molecule has 0 heterocycles. The van der Waals surface area contributed by atoms with Crippen LogP contribution in [0.1, 0.15) is 19.4 Å². The normalized spacial score (nSPS) is 11.6. The van der Waals surface area contributed by atoms with Crippen molar-refractivity contribution >= 4 is 15.9 Å². The molecule has 14 heavy (non-hydrogen) atoms. The summed E-state index contributed by atoms with van der Waals surface area (Å²) in [4.78, 5) is 0. The van der Waals surface area contributed by atoms with E-state index in [2.05, 4.69) is 29.8 Å². The lowest BCUT2D eigenvalue weighted by molar-refractivity contribution is 0.379. The molecule has 0 bridgehead atoms. The largest absolute Gasteiger partial charge is 0.504 e. The zero-order valence-electron chi connectivity index (χ0n) is 8.42. The second-order valence-electron chi connectivity index (χ2n) is 4.26. The first-order valence-electron chi connectivity index (χ1n) is 4.52. The number of phenols is 2. The minimum Gasteiger partial charge on any atom is -0.504 e. The van der Waals surface area contributed by atoms with Gasteiger partial charge in [0, 0.05) is 5.33 Å². The Morgan fingerprint density at radius 2 is 1.93 bits per heavy atom. The topological polar surface area (TPSA) is 40.5 Å². The fraction of sp³-hybridized carbons (Fsp3) is 0.455. The van der Waals surface area contributed by atoms with E-state index in [-0.39, 0.29) is 16.9 Å². The van der Waals surface area contributed by atoms with E-state index in [1.165, 1.54) is 6.07 Å². The van der Waals surface area contributed by atoms with Gasteiger partial charge in [0.05, 0.1) is 0 Å². The smallest absolute Gasteiger partial charge is 0.160 e. The van der Waals surface area contributed by atoms with Gasteiger partial charge in [-0.25, -0.2) is 0 Å². The van der Waals surface area contributed by atoms with Crippen molar-refractivity contribution in [2.24, 2.45) is 5.41 Å². The number of rotatable bonds is 3. The molecule has 78 valence electrons. The molecular weight excluding hydrogens is 244 g/mol. The van der Waals surface area contributed by atoms with Crippen molar-refractivity contribution in [2.75, 3.05) is 5.33 Å². The van der Waals surface area contributed by atoms with Crippen LogP contribution in [0.2, 0.25) is 0 Å². The number of alkyl halides is 1. The van der Waals surface area contributed by atoms with Gasteiger partial charge in [-0.3, -0.25) is 0 Å². The Morgan fingerprint density at radius 1 is 1.29 bits per heavy atom. The van der Waals surface area contributed by atoms with Gasteiger partial charge in [-0.1, -0.05) is 41.9 Å². The van der Waals surface area contributed by atoms with Gasteiger partial charge < -0.3 is 10.2 Å². The number of halogens is 1. The maximum Gasteiger partial charge on any atom is 0.160 e. The van der Waals surface area contributed by atoms with Gasteiger partial charge in [0.1, 0.15) is 0 Å². The van der Waals surface area contributed by atoms with E-state index in [4.69, 9.17) is 0 Å². The highest BCUT2D eigenvalue weighted by atomic mass is 79.9. The molecule has 0 spiro atoms. The minimum absolute atomic E-state index is 0.00141. The number of benzene rings is 1. The van der Waals surface area contributed by atoms with E-state index in [1.807, 2.05) is 6.07 Å². The van der Waals surface area contributed by atoms with Gasteiger partial charge in [0.15, 0.2) is 11.5 Å². The quantitative estimate of drug-likeness (QED) is 0.647. The third-order valence-corrected chi connectivity index (χ3v) is 3.65. The van der Waals surface area contributed by atoms with E-state index >= 15 is 0 Å². The second kappa shape index (κ2) is 4.22. The molecule has 0 aromatic heterocycles. The molecule has 2 N–H and O–H groups in total. The van der Waals surface area contributed by atoms with Gasteiger partial charge in [0.2, 0.25) is 0 Å². The van der Waals surface area contributed by atoms with Crippen LogP contribution in [0.25, 0.3) is 0 Å². The first-order valence-corrected chi connectivity index (χ1v) is 5.64. The minimum atomic E-state index is -0.0483. The average molecular weight is 259 g/mol. The number of hydrogen-bond acceptors (Lipinski definition) is 2. The van der Waals surface area contributed by atoms with Crippen molar-refractivity contribution in [1.29, 1.82) is 0 Å². The SMILES string of the molecule is CC(C)(CBr)Cc1cccc(O)c1O. The lowest BCUT2D eigenvalue weighted by Gasteiger charge is -2.22. The second-order valence-corrected chi connectivity index (χ2v) is 4.82. The van der Waals surface area contributed by atoms with Gasteiger partial charge in [0.25, 0.3) is 0 Å². The standard InChI is InChI=1S/C11H15BrO2/c1-11(2,7-12)6-8-4-3-5-9(13)10(8)14/h3-5,13-14H,6-7H2,1-2H3. The van der Waals surface area contributed by atoms with Crippen molar-refractivity contribution in [3.63, 3.8) is 0 Å². The maximum absolute atomic E-state index is 9.59. The molecule has 0 unspecified atom stereocenters. The highest BCUT2D eigenvalue weighted by Crippen LogP contribution is 2.33. The van der Waals surface area contributed by atoms with E-state index in [0.717, 1.165) is 17.3 Å². The number of phenolic OH excluding ortho intramolecular Hbond substituents is 2. The van der Waals surface area contributed by atoms with Crippen molar-refractivity contribution in [3.8, 4) is 11.5 Å². The molecule has 0 saturated heterocycles. The van der Waals surface area contributed by atoms with Crippen molar-refractivity contribution in [3.05, 3.63) is 23.8 Å². The summed E-state index contributed by atoms with van der Waals surface area (Å²) in [5.74, 6) is -0.0469. The summed E-state index contributed by atoms with van der Waals surface area (Å²) in [7, 11) is 0. The van der Waals surface area contributed by atoms with Crippen LogP contribution < -0.4 is 0 Å². The summed E-state index contributed by atoms with van der Waals surface area (Å²) >= 11 is 3.43. The van der Waals surface area contributed by atoms with Gasteiger partial charge in [-0.2, -0.15) is 0 Å². The van der Waals surface area contributed by atoms with Crippen LogP contribution in [-0.2, 0) is 6.42 Å². The first kappa shape index (κ1) is 11.4. The Kier molecular flexibility index (Phi) is 3.43. The summed E-state index contributed by atoms with van der Waals surface area (Å²) in [5.41, 5.74) is 0.861. The van der Waals surface area contributed by atoms with Gasteiger partial charge >= 0.3 is 0 Å². The predicted molar refractivity (Wildman–Crippen MR) is 61.1 cm³/mol. The first-order chi connectivity index (χ1) is 6.46. The van der Waals surface area contributed by atoms with E-state index < -0.39 is 0 Å². The monoisotopic (exact) mass is 258 g/mol.